The molecule has 0 unspecified atom stereocenters. The topological polar surface area (TPSA) is 43.6 Å². The van der Waals surface area contributed by atoms with E-state index in [2.05, 4.69) is 193 Å². The van der Waals surface area contributed by atoms with Crippen molar-refractivity contribution >= 4 is 84.8 Å². The van der Waals surface area contributed by atoms with Crippen LogP contribution in [0.15, 0.2) is 182 Å². The summed E-state index contributed by atoms with van der Waals surface area (Å²) in [6.07, 6.45) is 0. The van der Waals surface area contributed by atoms with Crippen LogP contribution >= 0.6 is 22.7 Å². The molecule has 0 radical (unpaired) electrons. The highest BCUT2D eigenvalue weighted by atomic mass is 32.1. The minimum Gasteiger partial charge on any atom is -0.277 e. The summed E-state index contributed by atoms with van der Waals surface area (Å²) in [5.74, 6) is 1.83. The van der Waals surface area contributed by atoms with E-state index < -0.39 is 5.41 Å². The fourth-order valence-electron chi connectivity index (χ4n) is 11.2. The van der Waals surface area contributed by atoms with Gasteiger partial charge in [0.05, 0.1) is 21.1 Å². The Hall–Kier alpha value is -7.95. The van der Waals surface area contributed by atoms with Crippen LogP contribution in [0, 0.1) is 12.1 Å². The van der Waals surface area contributed by atoms with E-state index in [0.717, 1.165) is 48.4 Å². The molecule has 13 aromatic rings. The van der Waals surface area contributed by atoms with Crippen molar-refractivity contribution in [3.63, 3.8) is 0 Å². The van der Waals surface area contributed by atoms with E-state index in [9.17, 15) is 0 Å². The van der Waals surface area contributed by atoms with Gasteiger partial charge in [-0.1, -0.05) is 133 Å². The van der Waals surface area contributed by atoms with Gasteiger partial charge in [-0.25, -0.2) is 4.98 Å². The van der Waals surface area contributed by atoms with E-state index in [1.54, 1.807) is 11.3 Å². The van der Waals surface area contributed by atoms with E-state index in [4.69, 9.17) is 15.0 Å². The zero-order chi connectivity index (χ0) is 41.7. The van der Waals surface area contributed by atoms with Crippen molar-refractivity contribution < 1.29 is 0 Å². The minimum absolute atomic E-state index is 0.489. The summed E-state index contributed by atoms with van der Waals surface area (Å²) in [5.41, 5.74) is 13.8. The molecule has 0 saturated heterocycles. The molecule has 15 rings (SSSR count). The molecule has 2 aliphatic carbocycles. The van der Waals surface area contributed by atoms with E-state index in [1.807, 2.05) is 17.4 Å². The number of fused-ring (bicyclic) bond motifs is 20. The lowest BCUT2D eigenvalue weighted by Crippen LogP contribution is -2.25. The highest BCUT2D eigenvalue weighted by molar-refractivity contribution is 7.26. The molecule has 0 amide bonds. The maximum absolute atomic E-state index is 5.52. The summed E-state index contributed by atoms with van der Waals surface area (Å²) in [6.45, 7) is 0. The third kappa shape index (κ3) is 4.44. The maximum Gasteiger partial charge on any atom is 0.238 e. The quantitative estimate of drug-likeness (QED) is 0.178. The molecule has 6 heteroatoms. The van der Waals surface area contributed by atoms with Gasteiger partial charge in [0.25, 0.3) is 0 Å². The van der Waals surface area contributed by atoms with Crippen LogP contribution in [0.25, 0.3) is 113 Å². The first kappa shape index (κ1) is 34.6. The molecule has 9 aromatic carbocycles. The molecular formula is C58H30N4S2. The second kappa shape index (κ2) is 12.6. The Morgan fingerprint density at radius 2 is 1.03 bits per heavy atom. The lowest BCUT2D eigenvalue weighted by Gasteiger charge is -2.30. The monoisotopic (exact) mass is 846 g/mol. The number of aromatic nitrogens is 4. The van der Waals surface area contributed by atoms with Crippen molar-refractivity contribution in [1.29, 1.82) is 0 Å². The predicted molar refractivity (Wildman–Crippen MR) is 265 cm³/mol. The van der Waals surface area contributed by atoms with Gasteiger partial charge in [-0.05, 0) is 99.6 Å². The van der Waals surface area contributed by atoms with E-state index in [1.165, 1.54) is 69.4 Å². The van der Waals surface area contributed by atoms with Gasteiger partial charge in [0, 0.05) is 63.1 Å². The van der Waals surface area contributed by atoms with E-state index >= 15 is 0 Å². The molecule has 0 saturated carbocycles. The van der Waals surface area contributed by atoms with Crippen LogP contribution in [0.2, 0.25) is 0 Å². The Bertz CT molecular complexity index is 3990. The SMILES string of the molecule is c1ccc2c(c#1)sc1ccc(-c3nc(-c4ccc5sc6ccccc6c5c4)nc(-n4c5ccccc5c5ccc6c(c54)-c4ccccc4C64c5ccccc5-c5ccccc54)n3)cc12. The Balaban J connectivity index is 1.06. The van der Waals surface area contributed by atoms with Crippen molar-refractivity contribution in [3.05, 3.63) is 216 Å². The number of hydrogen-bond donors (Lipinski definition) is 0. The van der Waals surface area contributed by atoms with Gasteiger partial charge in [0.2, 0.25) is 5.95 Å². The van der Waals surface area contributed by atoms with E-state index in [0.29, 0.717) is 17.6 Å². The van der Waals surface area contributed by atoms with Gasteiger partial charge in [-0.15, -0.1) is 22.7 Å². The second-order valence-corrected chi connectivity index (χ2v) is 19.0. The van der Waals surface area contributed by atoms with Crippen LogP contribution in [0.1, 0.15) is 22.3 Å². The van der Waals surface area contributed by atoms with Crippen LogP contribution in [0.5, 0.6) is 0 Å². The standard InChI is InChI=1S/C58H30N4S2/c1-7-19-44-35(13-1)36-14-2-8-20-45(36)58(44)46-21-9-3-18-41(46)53-47(58)28-27-40-37-15-4-10-22-48(37)62(54(40)53)57-60-55(33-25-29-51-42(31-33)38-16-5-11-23-49(38)63-51)59-56(61-57)34-26-30-52-43(32-34)39-17-6-12-24-50(39)64-52/h1-11,13-23,25-32H. The molecule has 64 heavy (non-hydrogen) atoms. The first-order chi connectivity index (χ1) is 31.7. The fourth-order valence-corrected chi connectivity index (χ4v) is 13.3. The van der Waals surface area contributed by atoms with Crippen molar-refractivity contribution in [2.75, 3.05) is 0 Å². The second-order valence-electron chi connectivity index (χ2n) is 16.9. The van der Waals surface area contributed by atoms with Crippen LogP contribution < -0.4 is 0 Å². The van der Waals surface area contributed by atoms with Crippen LogP contribution in [0.4, 0.5) is 0 Å². The smallest absolute Gasteiger partial charge is 0.238 e. The van der Waals surface area contributed by atoms with Crippen molar-refractivity contribution in [2.45, 2.75) is 5.41 Å². The first-order valence-corrected chi connectivity index (χ1v) is 23.1. The summed E-state index contributed by atoms with van der Waals surface area (Å²) in [7, 11) is 0. The average molecular weight is 847 g/mol. The number of rotatable bonds is 3. The molecule has 0 N–H and O–H groups in total. The lowest BCUT2D eigenvalue weighted by molar-refractivity contribution is 0.794. The van der Waals surface area contributed by atoms with E-state index in [-0.39, 0.29) is 0 Å². The Labute approximate surface area is 375 Å². The molecule has 0 atom stereocenters. The van der Waals surface area contributed by atoms with Crippen molar-refractivity contribution in [1.82, 2.24) is 19.5 Å². The number of hydrogen-bond acceptors (Lipinski definition) is 5. The minimum atomic E-state index is -0.489. The Kier molecular flexibility index (Phi) is 6.81. The molecule has 4 aromatic heterocycles. The lowest BCUT2D eigenvalue weighted by atomic mass is 9.70. The fraction of sp³-hybridized carbons (Fsp3) is 0.0172. The normalized spacial score (nSPS) is 13.3. The molecular weight excluding hydrogens is 817 g/mol. The molecule has 0 bridgehead atoms. The molecule has 4 heterocycles. The van der Waals surface area contributed by atoms with Gasteiger partial charge in [0.15, 0.2) is 11.6 Å². The molecule has 4 nitrogen and oxygen atoms in total. The number of para-hydroxylation sites is 1. The summed E-state index contributed by atoms with van der Waals surface area (Å²) in [6, 6.07) is 72.9. The zero-order valence-electron chi connectivity index (χ0n) is 33.9. The number of benzene rings is 8. The number of nitrogens with zero attached hydrogens (tertiary/aromatic N) is 4. The largest absolute Gasteiger partial charge is 0.277 e. The predicted octanol–water partition coefficient (Wildman–Crippen LogP) is 15.0. The third-order valence-corrected chi connectivity index (χ3v) is 16.0. The van der Waals surface area contributed by atoms with Crippen LogP contribution in [0.3, 0.4) is 0 Å². The highest BCUT2D eigenvalue weighted by Gasteiger charge is 2.52. The molecule has 0 aliphatic heterocycles. The number of thiophene rings is 2. The summed E-state index contributed by atoms with van der Waals surface area (Å²) in [5, 5.41) is 7.07. The summed E-state index contributed by atoms with van der Waals surface area (Å²) >= 11 is 3.55. The maximum atomic E-state index is 5.52. The molecule has 1 spiro atoms. The Morgan fingerprint density at radius 3 is 1.78 bits per heavy atom. The van der Waals surface area contributed by atoms with Crippen LogP contribution in [-0.4, -0.2) is 19.5 Å². The zero-order valence-corrected chi connectivity index (χ0v) is 35.6. The highest BCUT2D eigenvalue weighted by Crippen LogP contribution is 2.64. The van der Waals surface area contributed by atoms with Crippen molar-refractivity contribution in [3.8, 4) is 51.0 Å². The summed E-state index contributed by atoms with van der Waals surface area (Å²) in [4.78, 5) is 16.4. The van der Waals surface area contributed by atoms with Gasteiger partial charge >= 0.3 is 0 Å². The van der Waals surface area contributed by atoms with Gasteiger partial charge in [-0.3, -0.25) is 4.57 Å². The van der Waals surface area contributed by atoms with Crippen LogP contribution in [-0.2, 0) is 5.41 Å². The first-order valence-electron chi connectivity index (χ1n) is 21.5. The third-order valence-electron chi connectivity index (χ3n) is 13.8. The molecule has 294 valence electrons. The van der Waals surface area contributed by atoms with Gasteiger partial charge in [-0.2, -0.15) is 9.97 Å². The Morgan fingerprint density at radius 1 is 0.438 bits per heavy atom. The van der Waals surface area contributed by atoms with Gasteiger partial charge < -0.3 is 0 Å². The molecule has 2 aliphatic rings. The summed E-state index contributed by atoms with van der Waals surface area (Å²) < 4.78 is 7.11. The van der Waals surface area contributed by atoms with Gasteiger partial charge in [0.1, 0.15) is 0 Å². The average Bonchev–Trinajstić information content (AvgIpc) is 4.15. The molecule has 0 fully saturated rings. The van der Waals surface area contributed by atoms with Crippen molar-refractivity contribution in [2.24, 2.45) is 0 Å².